The first-order valence-electron chi connectivity index (χ1n) is 9.54. The molecule has 2 N–H and O–H groups in total. The van der Waals surface area contributed by atoms with Crippen molar-refractivity contribution in [3.05, 3.63) is 59.3 Å². The van der Waals surface area contributed by atoms with E-state index in [9.17, 15) is 4.79 Å². The Labute approximate surface area is 154 Å². The Balaban J connectivity index is 1.56. The second kappa shape index (κ2) is 7.46. The number of nitrogens with zero attached hydrogens (tertiary/aromatic N) is 2. The fraction of sp³-hybridized carbons (Fsp3) is 0.429. The van der Waals surface area contributed by atoms with Crippen molar-refractivity contribution in [1.82, 2.24) is 15.6 Å². The summed E-state index contributed by atoms with van der Waals surface area (Å²) in [5.41, 5.74) is 3.28. The van der Waals surface area contributed by atoms with Gasteiger partial charge in [-0.15, -0.1) is 0 Å². The van der Waals surface area contributed by atoms with Crippen molar-refractivity contribution < 1.29 is 4.79 Å². The number of carbonyl (C=O) groups excluding carboxylic acids is 1. The van der Waals surface area contributed by atoms with Gasteiger partial charge in [0.15, 0.2) is 0 Å². The molecule has 136 valence electrons. The summed E-state index contributed by atoms with van der Waals surface area (Å²) in [4.78, 5) is 19.8. The summed E-state index contributed by atoms with van der Waals surface area (Å²) in [6.45, 7) is 4.81. The highest BCUT2D eigenvalue weighted by Gasteiger charge is 2.25. The lowest BCUT2D eigenvalue weighted by Crippen LogP contribution is -2.50. The maximum Gasteiger partial charge on any atom is 0.255 e. The SMILES string of the molecule is CC1CN(c2ncccc2C(=O)N[C@@H]2CCCc3ccccc32)CCN1. The van der Waals surface area contributed by atoms with Gasteiger partial charge < -0.3 is 15.5 Å². The molecule has 2 atom stereocenters. The number of fused-ring (bicyclic) bond motifs is 1. The molecule has 0 bridgehead atoms. The molecule has 1 unspecified atom stereocenters. The average molecular weight is 350 g/mol. The van der Waals surface area contributed by atoms with Gasteiger partial charge in [-0.1, -0.05) is 24.3 Å². The van der Waals surface area contributed by atoms with E-state index in [4.69, 9.17) is 0 Å². The van der Waals surface area contributed by atoms with Gasteiger partial charge in [-0.3, -0.25) is 4.79 Å². The summed E-state index contributed by atoms with van der Waals surface area (Å²) < 4.78 is 0. The van der Waals surface area contributed by atoms with Crippen LogP contribution in [0.5, 0.6) is 0 Å². The van der Waals surface area contributed by atoms with Crippen LogP contribution in [0.3, 0.4) is 0 Å². The number of pyridine rings is 1. The van der Waals surface area contributed by atoms with Crippen LogP contribution in [0.2, 0.25) is 0 Å². The molecular weight excluding hydrogens is 324 g/mol. The molecule has 1 aromatic carbocycles. The van der Waals surface area contributed by atoms with Crippen molar-refractivity contribution in [3.8, 4) is 0 Å². The molecule has 0 spiro atoms. The first-order valence-corrected chi connectivity index (χ1v) is 9.54. The van der Waals surface area contributed by atoms with Crippen molar-refractivity contribution in [1.29, 1.82) is 0 Å². The zero-order valence-corrected chi connectivity index (χ0v) is 15.2. The van der Waals surface area contributed by atoms with Gasteiger partial charge in [-0.25, -0.2) is 4.98 Å². The maximum absolute atomic E-state index is 13.1. The monoisotopic (exact) mass is 350 g/mol. The van der Waals surface area contributed by atoms with Gasteiger partial charge in [-0.05, 0) is 49.4 Å². The average Bonchev–Trinajstić information content (AvgIpc) is 2.68. The molecule has 2 aliphatic rings. The van der Waals surface area contributed by atoms with Crippen LogP contribution in [0.4, 0.5) is 5.82 Å². The van der Waals surface area contributed by atoms with Gasteiger partial charge in [-0.2, -0.15) is 0 Å². The molecule has 2 aromatic rings. The number of hydrogen-bond acceptors (Lipinski definition) is 4. The molecule has 26 heavy (non-hydrogen) atoms. The molecule has 1 fully saturated rings. The number of aryl methyl sites for hydroxylation is 1. The molecule has 5 nitrogen and oxygen atoms in total. The number of rotatable bonds is 3. The second-order valence-electron chi connectivity index (χ2n) is 7.29. The van der Waals surface area contributed by atoms with Gasteiger partial charge in [0, 0.05) is 31.9 Å². The predicted molar refractivity (Wildman–Crippen MR) is 104 cm³/mol. The zero-order valence-electron chi connectivity index (χ0n) is 15.2. The summed E-state index contributed by atoms with van der Waals surface area (Å²) in [6, 6.07) is 12.7. The van der Waals surface area contributed by atoms with Crippen molar-refractivity contribution in [2.75, 3.05) is 24.5 Å². The zero-order chi connectivity index (χ0) is 17.9. The summed E-state index contributed by atoms with van der Waals surface area (Å²) in [5, 5.41) is 6.70. The second-order valence-corrected chi connectivity index (χ2v) is 7.29. The molecule has 2 heterocycles. The highest BCUT2D eigenvalue weighted by Crippen LogP contribution is 2.30. The van der Waals surface area contributed by atoms with E-state index in [1.165, 1.54) is 11.1 Å². The third-order valence-electron chi connectivity index (χ3n) is 5.37. The summed E-state index contributed by atoms with van der Waals surface area (Å²) in [6.07, 6.45) is 4.97. The van der Waals surface area contributed by atoms with Crippen LogP contribution in [-0.2, 0) is 6.42 Å². The van der Waals surface area contributed by atoms with E-state index < -0.39 is 0 Å². The third kappa shape index (κ3) is 3.44. The quantitative estimate of drug-likeness (QED) is 0.894. The van der Waals surface area contributed by atoms with E-state index >= 15 is 0 Å². The van der Waals surface area contributed by atoms with Gasteiger partial charge in [0.25, 0.3) is 5.91 Å². The fourth-order valence-electron chi connectivity index (χ4n) is 4.09. The molecule has 1 aliphatic heterocycles. The first kappa shape index (κ1) is 17.0. The molecule has 4 rings (SSSR count). The molecule has 0 saturated carbocycles. The van der Waals surface area contributed by atoms with E-state index in [1.807, 2.05) is 12.1 Å². The van der Waals surface area contributed by atoms with E-state index in [0.29, 0.717) is 11.6 Å². The fourth-order valence-corrected chi connectivity index (χ4v) is 4.09. The molecule has 1 amide bonds. The van der Waals surface area contributed by atoms with Crippen LogP contribution in [-0.4, -0.2) is 36.6 Å². The number of amides is 1. The molecular formula is C21H26N4O. The molecule has 5 heteroatoms. The van der Waals surface area contributed by atoms with Gasteiger partial charge >= 0.3 is 0 Å². The third-order valence-corrected chi connectivity index (χ3v) is 5.37. The van der Waals surface area contributed by atoms with E-state index in [1.54, 1.807) is 6.20 Å². The van der Waals surface area contributed by atoms with Crippen molar-refractivity contribution in [2.24, 2.45) is 0 Å². The minimum atomic E-state index is -0.0269. The number of anilines is 1. The van der Waals surface area contributed by atoms with E-state index in [2.05, 4.69) is 51.7 Å². The van der Waals surface area contributed by atoms with Crippen LogP contribution < -0.4 is 15.5 Å². The first-order chi connectivity index (χ1) is 12.7. The molecule has 1 aromatic heterocycles. The summed E-state index contributed by atoms with van der Waals surface area (Å²) in [7, 11) is 0. The Hall–Kier alpha value is -2.40. The summed E-state index contributed by atoms with van der Waals surface area (Å²) >= 11 is 0. The maximum atomic E-state index is 13.1. The predicted octanol–water partition coefficient (Wildman–Crippen LogP) is 2.69. The van der Waals surface area contributed by atoms with Crippen LogP contribution >= 0.6 is 0 Å². The molecule has 0 radical (unpaired) electrons. The molecule has 1 aliphatic carbocycles. The Morgan fingerprint density at radius 1 is 1.27 bits per heavy atom. The Morgan fingerprint density at radius 2 is 2.15 bits per heavy atom. The highest BCUT2D eigenvalue weighted by molar-refractivity contribution is 5.99. The Kier molecular flexibility index (Phi) is 4.89. The van der Waals surface area contributed by atoms with Gasteiger partial charge in [0.2, 0.25) is 0 Å². The Morgan fingerprint density at radius 3 is 3.04 bits per heavy atom. The van der Waals surface area contributed by atoms with Crippen LogP contribution in [0.25, 0.3) is 0 Å². The largest absolute Gasteiger partial charge is 0.353 e. The lowest BCUT2D eigenvalue weighted by Gasteiger charge is -2.34. The number of benzene rings is 1. The minimum absolute atomic E-state index is 0.0269. The van der Waals surface area contributed by atoms with Gasteiger partial charge in [0.1, 0.15) is 5.82 Å². The van der Waals surface area contributed by atoms with Crippen LogP contribution in [0, 0.1) is 0 Å². The topological polar surface area (TPSA) is 57.3 Å². The standard InChI is InChI=1S/C21H26N4O/c1-15-14-25(13-12-22-15)20-18(9-5-11-23-20)21(26)24-19-10-4-7-16-6-2-3-8-17(16)19/h2-3,5-6,8-9,11,15,19,22H,4,7,10,12-14H2,1H3,(H,24,26)/t15?,19-/m1/s1. The highest BCUT2D eigenvalue weighted by atomic mass is 16.1. The normalized spacial score (nSPS) is 22.6. The van der Waals surface area contributed by atoms with E-state index in [0.717, 1.165) is 44.7 Å². The van der Waals surface area contributed by atoms with Crippen molar-refractivity contribution >= 4 is 11.7 Å². The lowest BCUT2D eigenvalue weighted by atomic mass is 9.87. The van der Waals surface area contributed by atoms with Crippen LogP contribution in [0.1, 0.15) is 47.3 Å². The molecule has 1 saturated heterocycles. The minimum Gasteiger partial charge on any atom is -0.353 e. The Bertz CT molecular complexity index is 791. The number of carbonyl (C=O) groups is 1. The number of hydrogen-bond donors (Lipinski definition) is 2. The van der Waals surface area contributed by atoms with Crippen LogP contribution in [0.15, 0.2) is 42.6 Å². The van der Waals surface area contributed by atoms with Gasteiger partial charge in [0.05, 0.1) is 11.6 Å². The van der Waals surface area contributed by atoms with Crippen molar-refractivity contribution in [3.63, 3.8) is 0 Å². The van der Waals surface area contributed by atoms with Crippen molar-refractivity contribution in [2.45, 2.75) is 38.3 Å². The number of piperazine rings is 1. The van der Waals surface area contributed by atoms with E-state index in [-0.39, 0.29) is 11.9 Å². The number of nitrogens with one attached hydrogen (secondary N) is 2. The smallest absolute Gasteiger partial charge is 0.255 e. The summed E-state index contributed by atoms with van der Waals surface area (Å²) in [5.74, 6) is 0.767. The lowest BCUT2D eigenvalue weighted by molar-refractivity contribution is 0.0933. The number of aromatic nitrogens is 1.